The predicted molar refractivity (Wildman–Crippen MR) is 93.7 cm³/mol. The van der Waals surface area contributed by atoms with Crippen LogP contribution in [0.25, 0.3) is 11.3 Å². The van der Waals surface area contributed by atoms with E-state index in [1.807, 2.05) is 41.8 Å². The van der Waals surface area contributed by atoms with E-state index in [1.165, 1.54) is 0 Å². The third-order valence-electron chi connectivity index (χ3n) is 3.30. The molecular formula is C17H18N2O2S2. The Morgan fingerprint density at radius 3 is 2.70 bits per heavy atom. The fourth-order valence-corrected chi connectivity index (χ4v) is 4.13. The summed E-state index contributed by atoms with van der Waals surface area (Å²) in [6.45, 7) is 4.22. The lowest BCUT2D eigenvalue weighted by atomic mass is 10.1. The standard InChI is InChI=1S/C17H18N2O2S2/c1-12(2)17-18-14(9-22-17)10-23(20)11-15-8-16(19-21-15)13-6-4-3-5-7-13/h3-9,12H,10-11H2,1-2H3/t23-/m1/s1. The van der Waals surface area contributed by atoms with Crippen LogP contribution in [0.5, 0.6) is 0 Å². The Morgan fingerprint density at radius 2 is 2.00 bits per heavy atom. The Morgan fingerprint density at radius 1 is 1.22 bits per heavy atom. The number of benzene rings is 1. The van der Waals surface area contributed by atoms with E-state index >= 15 is 0 Å². The van der Waals surface area contributed by atoms with E-state index < -0.39 is 10.8 Å². The first-order chi connectivity index (χ1) is 11.1. The molecule has 0 fully saturated rings. The summed E-state index contributed by atoms with van der Waals surface area (Å²) >= 11 is 1.63. The zero-order chi connectivity index (χ0) is 16.2. The minimum absolute atomic E-state index is 0.356. The molecule has 0 aliphatic heterocycles. The lowest BCUT2D eigenvalue weighted by molar-refractivity contribution is 0.396. The van der Waals surface area contributed by atoms with Crippen molar-refractivity contribution < 1.29 is 8.73 Å². The Balaban J connectivity index is 1.63. The maximum Gasteiger partial charge on any atom is 0.149 e. The second-order valence-corrected chi connectivity index (χ2v) is 7.95. The highest BCUT2D eigenvalue weighted by atomic mass is 32.2. The predicted octanol–water partition coefficient (Wildman–Crippen LogP) is 4.37. The van der Waals surface area contributed by atoms with Gasteiger partial charge >= 0.3 is 0 Å². The summed E-state index contributed by atoms with van der Waals surface area (Å²) in [5.41, 5.74) is 2.66. The van der Waals surface area contributed by atoms with Gasteiger partial charge in [0.1, 0.15) is 11.5 Å². The molecule has 6 heteroatoms. The van der Waals surface area contributed by atoms with Crippen LogP contribution in [0.2, 0.25) is 0 Å². The first-order valence-electron chi connectivity index (χ1n) is 7.42. The van der Waals surface area contributed by atoms with Gasteiger partial charge in [-0.15, -0.1) is 11.3 Å². The second kappa shape index (κ2) is 7.19. The molecular weight excluding hydrogens is 328 g/mol. The van der Waals surface area contributed by atoms with Crippen LogP contribution in [-0.2, 0) is 22.3 Å². The van der Waals surface area contributed by atoms with Crippen LogP contribution >= 0.6 is 11.3 Å². The van der Waals surface area contributed by atoms with Crippen molar-refractivity contribution in [1.82, 2.24) is 10.1 Å². The van der Waals surface area contributed by atoms with Crippen LogP contribution in [-0.4, -0.2) is 14.3 Å². The lowest BCUT2D eigenvalue weighted by Crippen LogP contribution is -1.99. The quantitative estimate of drug-likeness (QED) is 0.665. The molecule has 0 saturated carbocycles. The van der Waals surface area contributed by atoms with Gasteiger partial charge in [0, 0.05) is 33.7 Å². The van der Waals surface area contributed by atoms with Crippen LogP contribution < -0.4 is 0 Å². The number of thiazole rings is 1. The zero-order valence-corrected chi connectivity index (χ0v) is 14.7. The Kier molecular flexibility index (Phi) is 5.03. The summed E-state index contributed by atoms with van der Waals surface area (Å²) < 4.78 is 17.6. The first-order valence-corrected chi connectivity index (χ1v) is 9.79. The highest BCUT2D eigenvalue weighted by Crippen LogP contribution is 2.22. The summed E-state index contributed by atoms with van der Waals surface area (Å²) in [5, 5.41) is 7.13. The fourth-order valence-electron chi connectivity index (χ4n) is 2.15. The van der Waals surface area contributed by atoms with E-state index in [0.29, 0.717) is 23.2 Å². The van der Waals surface area contributed by atoms with Gasteiger partial charge in [0.2, 0.25) is 0 Å². The van der Waals surface area contributed by atoms with Gasteiger partial charge in [-0.25, -0.2) is 4.98 Å². The van der Waals surface area contributed by atoms with E-state index in [2.05, 4.69) is 24.0 Å². The van der Waals surface area contributed by atoms with Crippen LogP contribution in [0, 0.1) is 0 Å². The average molecular weight is 346 g/mol. The first kappa shape index (κ1) is 16.1. The maximum atomic E-state index is 12.3. The second-order valence-electron chi connectivity index (χ2n) is 5.60. The van der Waals surface area contributed by atoms with Crippen LogP contribution in [0.15, 0.2) is 46.3 Å². The fraction of sp³-hybridized carbons (Fsp3) is 0.294. The van der Waals surface area contributed by atoms with Gasteiger partial charge < -0.3 is 4.52 Å². The largest absolute Gasteiger partial charge is 0.360 e. The third kappa shape index (κ3) is 4.14. The number of hydrogen-bond donors (Lipinski definition) is 0. The minimum atomic E-state index is -1.05. The minimum Gasteiger partial charge on any atom is -0.360 e. The molecule has 0 amide bonds. The van der Waals surface area contributed by atoms with Gasteiger partial charge in [0.25, 0.3) is 0 Å². The zero-order valence-electron chi connectivity index (χ0n) is 13.1. The van der Waals surface area contributed by atoms with Crippen molar-refractivity contribution in [2.75, 3.05) is 0 Å². The van der Waals surface area contributed by atoms with Gasteiger partial charge in [-0.3, -0.25) is 4.21 Å². The molecule has 120 valence electrons. The average Bonchev–Trinajstić information content (AvgIpc) is 3.18. The van der Waals surface area contributed by atoms with Crippen molar-refractivity contribution in [1.29, 1.82) is 0 Å². The van der Waals surface area contributed by atoms with Gasteiger partial charge in [-0.2, -0.15) is 0 Å². The molecule has 0 aliphatic carbocycles. The van der Waals surface area contributed by atoms with Gasteiger partial charge in [-0.1, -0.05) is 49.3 Å². The number of nitrogens with zero attached hydrogens (tertiary/aromatic N) is 2. The number of hydrogen-bond acceptors (Lipinski definition) is 5. The molecule has 0 unspecified atom stereocenters. The van der Waals surface area contributed by atoms with Gasteiger partial charge in [0.05, 0.1) is 22.2 Å². The molecule has 0 N–H and O–H groups in total. The Bertz CT molecular complexity index is 794. The van der Waals surface area contributed by atoms with Crippen molar-refractivity contribution in [2.45, 2.75) is 31.3 Å². The molecule has 1 atom stereocenters. The number of aromatic nitrogens is 2. The van der Waals surface area contributed by atoms with E-state index in [0.717, 1.165) is 22.0 Å². The SMILES string of the molecule is CC(C)c1nc(C[S@@](=O)Cc2cc(-c3ccccc3)no2)cs1. The molecule has 23 heavy (non-hydrogen) atoms. The molecule has 3 rings (SSSR count). The molecule has 2 heterocycles. The highest BCUT2D eigenvalue weighted by Gasteiger charge is 2.12. The van der Waals surface area contributed by atoms with Crippen LogP contribution in [0.3, 0.4) is 0 Å². The molecule has 3 aromatic rings. The Hall–Kier alpha value is -1.79. The van der Waals surface area contributed by atoms with Crippen molar-refractivity contribution in [3.63, 3.8) is 0 Å². The van der Waals surface area contributed by atoms with Gasteiger partial charge in [0.15, 0.2) is 0 Å². The monoisotopic (exact) mass is 346 g/mol. The lowest BCUT2D eigenvalue weighted by Gasteiger charge is -1.98. The summed E-state index contributed by atoms with van der Waals surface area (Å²) in [4.78, 5) is 4.52. The molecule has 2 aromatic heterocycles. The van der Waals surface area contributed by atoms with E-state index in [9.17, 15) is 4.21 Å². The maximum absolute atomic E-state index is 12.3. The van der Waals surface area contributed by atoms with Crippen molar-refractivity contribution in [3.05, 3.63) is 58.2 Å². The van der Waals surface area contributed by atoms with E-state index in [4.69, 9.17) is 4.52 Å². The normalized spacial score (nSPS) is 12.7. The van der Waals surface area contributed by atoms with Gasteiger partial charge in [-0.05, 0) is 0 Å². The summed E-state index contributed by atoms with van der Waals surface area (Å²) in [6.07, 6.45) is 0. The van der Waals surface area contributed by atoms with E-state index in [1.54, 1.807) is 11.3 Å². The molecule has 0 saturated heterocycles. The van der Waals surface area contributed by atoms with Crippen molar-refractivity contribution in [3.8, 4) is 11.3 Å². The molecule has 4 nitrogen and oxygen atoms in total. The van der Waals surface area contributed by atoms with Crippen LogP contribution in [0.4, 0.5) is 0 Å². The van der Waals surface area contributed by atoms with Crippen molar-refractivity contribution in [2.24, 2.45) is 0 Å². The number of rotatable bonds is 6. The summed E-state index contributed by atoms with van der Waals surface area (Å²) in [6, 6.07) is 11.7. The third-order valence-corrected chi connectivity index (χ3v) is 5.72. The molecule has 0 spiro atoms. The summed E-state index contributed by atoms with van der Waals surface area (Å²) in [7, 11) is -1.05. The van der Waals surface area contributed by atoms with E-state index in [-0.39, 0.29) is 0 Å². The smallest absolute Gasteiger partial charge is 0.149 e. The molecule has 0 bridgehead atoms. The summed E-state index contributed by atoms with van der Waals surface area (Å²) in [5.74, 6) is 1.85. The molecule has 0 radical (unpaired) electrons. The van der Waals surface area contributed by atoms with Crippen molar-refractivity contribution >= 4 is 22.1 Å². The Labute approximate surface area is 142 Å². The highest BCUT2D eigenvalue weighted by molar-refractivity contribution is 7.83. The topological polar surface area (TPSA) is 56.0 Å². The molecule has 0 aliphatic rings. The van der Waals surface area contributed by atoms with Crippen LogP contribution in [0.1, 0.15) is 36.2 Å². The molecule has 1 aromatic carbocycles.